The maximum atomic E-state index is 10.0. The molecule has 1 atom stereocenters. The normalized spacial score (nSPS) is 13.1. The molecule has 15 heavy (non-hydrogen) atoms. The molecule has 0 saturated carbocycles. The molecule has 0 bridgehead atoms. The fourth-order valence-corrected chi connectivity index (χ4v) is 1.64. The summed E-state index contributed by atoms with van der Waals surface area (Å²) in [6, 6.07) is 7.48. The van der Waals surface area contributed by atoms with Gasteiger partial charge in [-0.05, 0) is 19.2 Å². The van der Waals surface area contributed by atoms with Crippen LogP contribution in [0, 0.1) is 0 Å². The Morgan fingerprint density at radius 2 is 1.87 bits per heavy atom. The second kappa shape index (κ2) is 5.73. The van der Waals surface area contributed by atoms with E-state index in [-0.39, 0.29) is 0 Å². The van der Waals surface area contributed by atoms with E-state index < -0.39 is 6.10 Å². The lowest BCUT2D eigenvalue weighted by Gasteiger charge is -2.22. The molecule has 0 aliphatic heterocycles. The highest BCUT2D eigenvalue weighted by Crippen LogP contribution is 2.20. The zero-order chi connectivity index (χ0) is 11.3. The van der Waals surface area contributed by atoms with Gasteiger partial charge in [0.15, 0.2) is 0 Å². The Kier molecular flexibility index (Phi) is 4.59. The highest BCUT2D eigenvalue weighted by atomic mass is 16.3. The number of hydrogen-bond acceptors (Lipinski definition) is 3. The first kappa shape index (κ1) is 12.0. The van der Waals surface area contributed by atoms with Crippen molar-refractivity contribution in [2.75, 3.05) is 25.4 Å². The Morgan fingerprint density at radius 3 is 2.40 bits per heavy atom. The first-order valence-electron chi connectivity index (χ1n) is 5.43. The summed E-state index contributed by atoms with van der Waals surface area (Å²) in [6.07, 6.45) is -0.494. The lowest BCUT2D eigenvalue weighted by atomic mass is 10.1. The van der Waals surface area contributed by atoms with Crippen molar-refractivity contribution in [3.05, 3.63) is 29.8 Å². The zero-order valence-electron chi connectivity index (χ0n) is 9.48. The van der Waals surface area contributed by atoms with Crippen LogP contribution in [-0.2, 0) is 0 Å². The fourth-order valence-electron chi connectivity index (χ4n) is 1.64. The predicted molar refractivity (Wildman–Crippen MR) is 63.6 cm³/mol. The average Bonchev–Trinajstić information content (AvgIpc) is 2.26. The molecule has 0 aromatic heterocycles. The third-order valence-corrected chi connectivity index (χ3v) is 2.68. The van der Waals surface area contributed by atoms with Crippen LogP contribution in [0.15, 0.2) is 24.3 Å². The summed E-state index contributed by atoms with van der Waals surface area (Å²) in [7, 11) is 0. The highest BCUT2D eigenvalue weighted by Gasteiger charge is 2.13. The van der Waals surface area contributed by atoms with Gasteiger partial charge in [0.1, 0.15) is 0 Å². The summed E-state index contributed by atoms with van der Waals surface area (Å²) in [5, 5.41) is 10.0. The van der Waals surface area contributed by atoms with E-state index in [0.29, 0.717) is 12.2 Å². The minimum atomic E-state index is -0.494. The Balaban J connectivity index is 2.68. The molecule has 0 heterocycles. The molecule has 1 aromatic carbocycles. The number of nitrogens with zero attached hydrogens (tertiary/aromatic N) is 1. The van der Waals surface area contributed by atoms with E-state index in [4.69, 9.17) is 5.73 Å². The Morgan fingerprint density at radius 1 is 1.27 bits per heavy atom. The standard InChI is InChI=1S/C12H20N2O/c1-3-14(4-2)9-12(15)10-7-5-6-8-11(10)13/h5-8,12,15H,3-4,9,13H2,1-2H3. The summed E-state index contributed by atoms with van der Waals surface area (Å²) in [5.74, 6) is 0. The van der Waals surface area contributed by atoms with Crippen molar-refractivity contribution in [1.82, 2.24) is 4.90 Å². The van der Waals surface area contributed by atoms with Gasteiger partial charge in [-0.15, -0.1) is 0 Å². The van der Waals surface area contributed by atoms with Gasteiger partial charge in [-0.2, -0.15) is 0 Å². The molecule has 0 fully saturated rings. The average molecular weight is 208 g/mol. The first-order chi connectivity index (χ1) is 7.19. The summed E-state index contributed by atoms with van der Waals surface area (Å²) < 4.78 is 0. The second-order valence-electron chi connectivity index (χ2n) is 3.63. The third-order valence-electron chi connectivity index (χ3n) is 2.68. The summed E-state index contributed by atoms with van der Waals surface area (Å²) in [4.78, 5) is 2.18. The Bertz CT molecular complexity index is 297. The predicted octanol–water partition coefficient (Wildman–Crippen LogP) is 1.64. The topological polar surface area (TPSA) is 49.5 Å². The van der Waals surface area contributed by atoms with E-state index in [1.165, 1.54) is 0 Å². The second-order valence-corrected chi connectivity index (χ2v) is 3.63. The molecule has 1 aromatic rings. The minimum Gasteiger partial charge on any atom is -0.398 e. The molecule has 0 amide bonds. The van der Waals surface area contributed by atoms with E-state index in [2.05, 4.69) is 18.7 Å². The van der Waals surface area contributed by atoms with Crippen molar-refractivity contribution in [3.8, 4) is 0 Å². The van der Waals surface area contributed by atoms with Gasteiger partial charge in [-0.25, -0.2) is 0 Å². The molecule has 3 nitrogen and oxygen atoms in total. The molecule has 3 heteroatoms. The van der Waals surface area contributed by atoms with Crippen LogP contribution < -0.4 is 5.73 Å². The number of rotatable bonds is 5. The smallest absolute Gasteiger partial charge is 0.0936 e. The van der Waals surface area contributed by atoms with Crippen molar-refractivity contribution in [2.24, 2.45) is 0 Å². The van der Waals surface area contributed by atoms with Crippen LogP contribution in [0.4, 0.5) is 5.69 Å². The van der Waals surface area contributed by atoms with E-state index >= 15 is 0 Å². The van der Waals surface area contributed by atoms with Gasteiger partial charge in [0.2, 0.25) is 0 Å². The van der Waals surface area contributed by atoms with Crippen molar-refractivity contribution in [2.45, 2.75) is 20.0 Å². The van der Waals surface area contributed by atoms with E-state index in [9.17, 15) is 5.11 Å². The molecule has 84 valence electrons. The molecule has 0 saturated heterocycles. The van der Waals surface area contributed by atoms with Crippen LogP contribution in [-0.4, -0.2) is 29.6 Å². The number of benzene rings is 1. The quantitative estimate of drug-likeness (QED) is 0.723. The summed E-state index contributed by atoms with van der Waals surface area (Å²) in [6.45, 7) is 6.71. The third kappa shape index (κ3) is 3.22. The van der Waals surface area contributed by atoms with E-state index in [0.717, 1.165) is 18.7 Å². The van der Waals surface area contributed by atoms with Crippen LogP contribution in [0.3, 0.4) is 0 Å². The number of anilines is 1. The van der Waals surface area contributed by atoms with Crippen LogP contribution in [0.1, 0.15) is 25.5 Å². The molecule has 1 unspecified atom stereocenters. The number of hydrogen-bond donors (Lipinski definition) is 2. The number of likely N-dealkylation sites (N-methyl/N-ethyl adjacent to an activating group) is 1. The van der Waals surface area contributed by atoms with Crippen molar-refractivity contribution in [3.63, 3.8) is 0 Å². The first-order valence-corrected chi connectivity index (χ1v) is 5.43. The van der Waals surface area contributed by atoms with Crippen molar-refractivity contribution >= 4 is 5.69 Å². The van der Waals surface area contributed by atoms with Gasteiger partial charge in [0.05, 0.1) is 6.10 Å². The molecule has 0 spiro atoms. The lowest BCUT2D eigenvalue weighted by Crippen LogP contribution is -2.28. The number of para-hydroxylation sites is 1. The Labute approximate surface area is 91.5 Å². The van der Waals surface area contributed by atoms with Gasteiger partial charge in [0, 0.05) is 17.8 Å². The van der Waals surface area contributed by atoms with Gasteiger partial charge in [-0.3, -0.25) is 0 Å². The van der Waals surface area contributed by atoms with Crippen molar-refractivity contribution < 1.29 is 5.11 Å². The number of nitrogens with two attached hydrogens (primary N) is 1. The van der Waals surface area contributed by atoms with Gasteiger partial charge in [0.25, 0.3) is 0 Å². The van der Waals surface area contributed by atoms with Gasteiger partial charge >= 0.3 is 0 Å². The monoisotopic (exact) mass is 208 g/mol. The SMILES string of the molecule is CCN(CC)CC(O)c1ccccc1N. The molecule has 0 aliphatic carbocycles. The van der Waals surface area contributed by atoms with Crippen LogP contribution in [0.5, 0.6) is 0 Å². The molecular weight excluding hydrogens is 188 g/mol. The minimum absolute atomic E-state index is 0.494. The van der Waals surface area contributed by atoms with Gasteiger partial charge < -0.3 is 15.7 Å². The van der Waals surface area contributed by atoms with Crippen LogP contribution >= 0.6 is 0 Å². The summed E-state index contributed by atoms with van der Waals surface area (Å²) >= 11 is 0. The lowest BCUT2D eigenvalue weighted by molar-refractivity contribution is 0.119. The molecular formula is C12H20N2O. The largest absolute Gasteiger partial charge is 0.398 e. The number of nitrogen functional groups attached to an aromatic ring is 1. The molecule has 0 radical (unpaired) electrons. The zero-order valence-corrected chi connectivity index (χ0v) is 9.48. The van der Waals surface area contributed by atoms with Crippen LogP contribution in [0.25, 0.3) is 0 Å². The highest BCUT2D eigenvalue weighted by molar-refractivity contribution is 5.47. The maximum Gasteiger partial charge on any atom is 0.0936 e. The molecule has 1 rings (SSSR count). The number of aliphatic hydroxyl groups is 1. The summed E-state index contributed by atoms with van der Waals surface area (Å²) in [5.41, 5.74) is 7.29. The van der Waals surface area contributed by atoms with Crippen LogP contribution in [0.2, 0.25) is 0 Å². The maximum absolute atomic E-state index is 10.0. The fraction of sp³-hybridized carbons (Fsp3) is 0.500. The van der Waals surface area contributed by atoms with Crippen molar-refractivity contribution in [1.29, 1.82) is 0 Å². The molecule has 3 N–H and O–H groups in total. The van der Waals surface area contributed by atoms with E-state index in [1.54, 1.807) is 0 Å². The Hall–Kier alpha value is -1.06. The number of aliphatic hydroxyl groups excluding tert-OH is 1. The van der Waals surface area contributed by atoms with E-state index in [1.807, 2.05) is 24.3 Å². The van der Waals surface area contributed by atoms with Gasteiger partial charge in [-0.1, -0.05) is 32.0 Å². The molecule has 0 aliphatic rings.